The highest BCUT2D eigenvalue weighted by atomic mass is 16.4. The Balaban J connectivity index is 0. The molecule has 0 aliphatic carbocycles. The first-order valence-corrected chi connectivity index (χ1v) is 7.17. The lowest BCUT2D eigenvalue weighted by molar-refractivity contribution is -0.923. The minimum atomic E-state index is -0.932. The van der Waals surface area contributed by atoms with E-state index in [1.807, 2.05) is 6.92 Å². The van der Waals surface area contributed by atoms with Gasteiger partial charge in [0.05, 0.1) is 26.2 Å². The highest BCUT2D eigenvalue weighted by molar-refractivity contribution is 5.63. The lowest BCUT2D eigenvalue weighted by Crippen LogP contribution is -2.49. The molecule has 1 N–H and O–H groups in total. The van der Waals surface area contributed by atoms with Gasteiger partial charge in [0.2, 0.25) is 0 Å². The van der Waals surface area contributed by atoms with Crippen LogP contribution in [0.4, 0.5) is 0 Å². The van der Waals surface area contributed by atoms with Gasteiger partial charge in [0.25, 0.3) is 0 Å². The number of carboxylic acid groups (broad SMARTS) is 1. The van der Waals surface area contributed by atoms with Crippen LogP contribution >= 0.6 is 0 Å². The molecule has 0 heterocycles. The summed E-state index contributed by atoms with van der Waals surface area (Å²) in [6, 6.07) is 0. The Morgan fingerprint density at radius 1 is 1.06 bits per heavy atom. The Labute approximate surface area is 112 Å². The zero-order valence-electron chi connectivity index (χ0n) is 12.6. The molecule has 0 amide bonds. The van der Waals surface area contributed by atoms with Gasteiger partial charge in [0.15, 0.2) is 0 Å². The number of nitrogens with zero attached hydrogens (tertiary/aromatic N) is 1. The van der Waals surface area contributed by atoms with Crippen molar-refractivity contribution in [3.05, 3.63) is 0 Å². The van der Waals surface area contributed by atoms with Crippen molar-refractivity contribution < 1.29 is 19.5 Å². The zero-order chi connectivity index (χ0) is 14.4. The smallest absolute Gasteiger partial charge is 0.102 e. The van der Waals surface area contributed by atoms with Gasteiger partial charge in [-0.2, -0.15) is 0 Å². The highest BCUT2D eigenvalue weighted by Gasteiger charge is 2.18. The topological polar surface area (TPSA) is 60.4 Å². The van der Waals surface area contributed by atoms with Crippen molar-refractivity contribution in [1.82, 2.24) is 0 Å². The Kier molecular flexibility index (Phi) is 14.1. The van der Waals surface area contributed by atoms with E-state index in [0.717, 1.165) is 49.9 Å². The minimum Gasteiger partial charge on any atom is -0.550 e. The van der Waals surface area contributed by atoms with Crippen LogP contribution in [0.5, 0.6) is 0 Å². The molecule has 0 aromatic carbocycles. The van der Waals surface area contributed by atoms with Gasteiger partial charge in [0, 0.05) is 5.97 Å². The van der Waals surface area contributed by atoms with Crippen molar-refractivity contribution in [1.29, 1.82) is 0 Å². The largest absolute Gasteiger partial charge is 0.550 e. The summed E-state index contributed by atoms with van der Waals surface area (Å²) in [5.74, 6) is -0.932. The molecule has 110 valence electrons. The van der Waals surface area contributed by atoms with E-state index in [0.29, 0.717) is 6.61 Å². The molecule has 0 saturated heterocycles. The van der Waals surface area contributed by atoms with Crippen LogP contribution in [0.2, 0.25) is 0 Å². The SMILES string of the molecule is CCCCCC(=O)[O-].CC[N+](CC)(CC)CCO. The molecule has 18 heavy (non-hydrogen) atoms. The lowest BCUT2D eigenvalue weighted by atomic mass is 10.2. The van der Waals surface area contributed by atoms with Crippen molar-refractivity contribution >= 4 is 5.97 Å². The number of aliphatic hydroxyl groups excluding tert-OH is 1. The number of carboxylic acids is 1. The number of aliphatic hydroxyl groups is 1. The van der Waals surface area contributed by atoms with E-state index in [-0.39, 0.29) is 6.42 Å². The summed E-state index contributed by atoms with van der Waals surface area (Å²) in [5, 5.41) is 18.5. The van der Waals surface area contributed by atoms with Crippen molar-refractivity contribution in [3.63, 3.8) is 0 Å². The normalized spacial score (nSPS) is 10.7. The summed E-state index contributed by atoms with van der Waals surface area (Å²) < 4.78 is 1.05. The molecular weight excluding hydrogens is 230 g/mol. The number of aliphatic carboxylic acids is 1. The van der Waals surface area contributed by atoms with Crippen molar-refractivity contribution in [3.8, 4) is 0 Å². The molecule has 0 aromatic rings. The number of unbranched alkanes of at least 4 members (excludes halogenated alkanes) is 2. The number of quaternary nitrogens is 1. The summed E-state index contributed by atoms with van der Waals surface area (Å²) >= 11 is 0. The fraction of sp³-hybridized carbons (Fsp3) is 0.929. The Morgan fingerprint density at radius 2 is 1.56 bits per heavy atom. The van der Waals surface area contributed by atoms with Crippen molar-refractivity contribution in [2.45, 2.75) is 53.4 Å². The third-order valence-corrected chi connectivity index (χ3v) is 3.57. The van der Waals surface area contributed by atoms with Crippen molar-refractivity contribution in [2.24, 2.45) is 0 Å². The molecule has 0 aliphatic rings. The van der Waals surface area contributed by atoms with Gasteiger partial charge in [0.1, 0.15) is 6.54 Å². The third kappa shape index (κ3) is 10.5. The third-order valence-electron chi connectivity index (χ3n) is 3.57. The molecule has 0 rings (SSSR count). The second-order valence-corrected chi connectivity index (χ2v) is 4.57. The molecule has 0 aromatic heterocycles. The van der Waals surface area contributed by atoms with E-state index >= 15 is 0 Å². The van der Waals surface area contributed by atoms with Gasteiger partial charge >= 0.3 is 0 Å². The summed E-state index contributed by atoms with van der Waals surface area (Å²) in [6.45, 7) is 13.2. The maximum Gasteiger partial charge on any atom is 0.102 e. The second-order valence-electron chi connectivity index (χ2n) is 4.57. The number of hydrogen-bond donors (Lipinski definition) is 1. The van der Waals surface area contributed by atoms with E-state index in [4.69, 9.17) is 5.11 Å². The Bertz CT molecular complexity index is 183. The monoisotopic (exact) mass is 261 g/mol. The van der Waals surface area contributed by atoms with Gasteiger partial charge in [-0.1, -0.05) is 19.8 Å². The summed E-state index contributed by atoms with van der Waals surface area (Å²) in [4.78, 5) is 9.76. The Morgan fingerprint density at radius 3 is 1.78 bits per heavy atom. The number of rotatable bonds is 9. The van der Waals surface area contributed by atoms with Crippen LogP contribution in [-0.2, 0) is 4.79 Å². The van der Waals surface area contributed by atoms with Gasteiger partial charge < -0.3 is 19.5 Å². The molecular formula is C14H31NO3. The van der Waals surface area contributed by atoms with Crippen LogP contribution in [0.25, 0.3) is 0 Å². The average molecular weight is 261 g/mol. The van der Waals surface area contributed by atoms with E-state index in [1.54, 1.807) is 0 Å². The molecule has 0 unspecified atom stereocenters. The molecule has 0 fully saturated rings. The number of carbonyl (C=O) groups is 1. The Hall–Kier alpha value is -0.610. The summed E-state index contributed by atoms with van der Waals surface area (Å²) in [5.41, 5.74) is 0. The van der Waals surface area contributed by atoms with Crippen LogP contribution in [-0.4, -0.2) is 48.3 Å². The van der Waals surface area contributed by atoms with Gasteiger partial charge in [-0.25, -0.2) is 0 Å². The van der Waals surface area contributed by atoms with Crippen molar-refractivity contribution in [2.75, 3.05) is 32.8 Å². The molecule has 0 radical (unpaired) electrons. The standard InChI is InChI=1S/C8H20NO.C6H12O2/c1-4-9(5-2,6-3)7-8-10;1-2-3-4-5-6(7)8/h10H,4-8H2,1-3H3;2-5H2,1H3,(H,7,8)/q+1;/p-1. The predicted molar refractivity (Wildman–Crippen MR) is 73.0 cm³/mol. The summed E-state index contributed by atoms with van der Waals surface area (Å²) in [6.07, 6.45) is 3.04. The fourth-order valence-corrected chi connectivity index (χ4v) is 1.88. The number of carbonyl (C=O) groups excluding carboxylic acids is 1. The lowest BCUT2D eigenvalue weighted by Gasteiger charge is -2.34. The number of hydrogen-bond acceptors (Lipinski definition) is 3. The van der Waals surface area contributed by atoms with Crippen LogP contribution in [0.15, 0.2) is 0 Å². The van der Waals surface area contributed by atoms with Crippen LogP contribution < -0.4 is 5.11 Å². The van der Waals surface area contributed by atoms with Gasteiger partial charge in [-0.15, -0.1) is 0 Å². The van der Waals surface area contributed by atoms with Crippen LogP contribution in [0, 0.1) is 0 Å². The van der Waals surface area contributed by atoms with E-state index in [9.17, 15) is 9.90 Å². The zero-order valence-corrected chi connectivity index (χ0v) is 12.6. The predicted octanol–water partition coefficient (Wildman–Crippen LogP) is 1.17. The first-order valence-electron chi connectivity index (χ1n) is 7.17. The summed E-state index contributed by atoms with van der Waals surface area (Å²) in [7, 11) is 0. The molecule has 4 nitrogen and oxygen atoms in total. The highest BCUT2D eigenvalue weighted by Crippen LogP contribution is 2.03. The quantitative estimate of drug-likeness (QED) is 0.501. The molecule has 0 aliphatic heterocycles. The number of likely N-dealkylation sites (N-methyl/N-ethyl adjacent to an activating group) is 1. The van der Waals surface area contributed by atoms with Crippen LogP contribution in [0.3, 0.4) is 0 Å². The fourth-order valence-electron chi connectivity index (χ4n) is 1.88. The first-order chi connectivity index (χ1) is 8.51. The van der Waals surface area contributed by atoms with Gasteiger partial charge in [-0.05, 0) is 33.6 Å². The van der Waals surface area contributed by atoms with E-state index in [2.05, 4.69) is 20.8 Å². The molecule has 0 saturated carbocycles. The molecule has 0 atom stereocenters. The van der Waals surface area contributed by atoms with E-state index in [1.165, 1.54) is 0 Å². The van der Waals surface area contributed by atoms with E-state index < -0.39 is 5.97 Å². The molecule has 0 spiro atoms. The minimum absolute atomic E-state index is 0.216. The van der Waals surface area contributed by atoms with Crippen LogP contribution in [0.1, 0.15) is 53.4 Å². The molecule has 0 bridgehead atoms. The maximum absolute atomic E-state index is 9.76. The maximum atomic E-state index is 9.76. The first kappa shape index (κ1) is 19.7. The molecule has 4 heteroatoms. The van der Waals surface area contributed by atoms with Gasteiger partial charge in [-0.3, -0.25) is 0 Å². The second kappa shape index (κ2) is 12.8. The average Bonchev–Trinajstić information content (AvgIpc) is 2.37.